The number of anilines is 1. The highest BCUT2D eigenvalue weighted by molar-refractivity contribution is 7.88. The number of nitrogens with one attached hydrogen (secondary N) is 1. The van der Waals surface area contributed by atoms with E-state index in [0.29, 0.717) is 48.0 Å². The number of sulfonamides is 1. The van der Waals surface area contributed by atoms with Crippen LogP contribution in [0.2, 0.25) is 5.02 Å². The standard InChI is InChI=1S/C21H25ClN2O4S/c1-2-28-20-8-4-3-7-19(20)23-21(25)17-6-5-13-24(14-17)29(26,27)15-16-9-11-18(22)12-10-16/h3-4,7-12,17H,2,5-6,13-15H2,1H3,(H,23,25)/t17-/m0/s1. The van der Waals surface area contributed by atoms with Crippen LogP contribution in [0, 0.1) is 5.92 Å². The highest BCUT2D eigenvalue weighted by atomic mass is 35.5. The molecule has 156 valence electrons. The van der Waals surface area contributed by atoms with Crippen LogP contribution in [0.1, 0.15) is 25.3 Å². The van der Waals surface area contributed by atoms with Crippen LogP contribution in [-0.4, -0.2) is 38.3 Å². The summed E-state index contributed by atoms with van der Waals surface area (Å²) in [4.78, 5) is 12.8. The van der Waals surface area contributed by atoms with Gasteiger partial charge in [-0.05, 0) is 49.6 Å². The third-order valence-electron chi connectivity index (χ3n) is 4.86. The number of rotatable bonds is 7. The van der Waals surface area contributed by atoms with Crippen molar-refractivity contribution in [3.8, 4) is 5.75 Å². The van der Waals surface area contributed by atoms with Crippen molar-refractivity contribution in [3.63, 3.8) is 0 Å². The molecule has 1 aliphatic heterocycles. The van der Waals surface area contributed by atoms with Gasteiger partial charge in [-0.3, -0.25) is 4.79 Å². The minimum Gasteiger partial charge on any atom is -0.492 e. The van der Waals surface area contributed by atoms with Crippen LogP contribution in [0.5, 0.6) is 5.75 Å². The van der Waals surface area contributed by atoms with Crippen molar-refractivity contribution in [2.24, 2.45) is 5.92 Å². The molecule has 0 bridgehead atoms. The lowest BCUT2D eigenvalue weighted by Crippen LogP contribution is -2.44. The van der Waals surface area contributed by atoms with Gasteiger partial charge in [0.1, 0.15) is 5.75 Å². The largest absolute Gasteiger partial charge is 0.492 e. The van der Waals surface area contributed by atoms with Gasteiger partial charge in [0.2, 0.25) is 15.9 Å². The lowest BCUT2D eigenvalue weighted by Gasteiger charge is -2.31. The van der Waals surface area contributed by atoms with E-state index in [9.17, 15) is 13.2 Å². The predicted molar refractivity (Wildman–Crippen MR) is 115 cm³/mol. The molecular formula is C21H25ClN2O4S. The predicted octanol–water partition coefficient (Wildman–Crippen LogP) is 3.92. The molecule has 1 aliphatic rings. The van der Waals surface area contributed by atoms with Crippen LogP contribution >= 0.6 is 11.6 Å². The molecule has 8 heteroatoms. The first kappa shape index (κ1) is 21.6. The molecule has 1 atom stereocenters. The van der Waals surface area contributed by atoms with Crippen LogP contribution in [0.4, 0.5) is 5.69 Å². The van der Waals surface area contributed by atoms with Crippen molar-refractivity contribution in [1.82, 2.24) is 4.31 Å². The zero-order valence-electron chi connectivity index (χ0n) is 16.3. The van der Waals surface area contributed by atoms with Crippen molar-refractivity contribution in [3.05, 3.63) is 59.1 Å². The van der Waals surface area contributed by atoms with E-state index in [2.05, 4.69) is 5.32 Å². The second-order valence-corrected chi connectivity index (χ2v) is 9.40. The number of amides is 1. The normalized spacial score (nSPS) is 17.7. The maximum absolute atomic E-state index is 12.8. The van der Waals surface area contributed by atoms with Gasteiger partial charge in [-0.25, -0.2) is 12.7 Å². The SMILES string of the molecule is CCOc1ccccc1NC(=O)[C@H]1CCCN(S(=O)(=O)Cc2ccc(Cl)cc2)C1. The molecular weight excluding hydrogens is 412 g/mol. The van der Waals surface area contributed by atoms with Gasteiger partial charge < -0.3 is 10.1 Å². The highest BCUT2D eigenvalue weighted by Crippen LogP contribution is 2.27. The molecule has 1 amide bonds. The zero-order valence-corrected chi connectivity index (χ0v) is 17.9. The Bertz CT molecular complexity index is 947. The molecule has 0 aromatic heterocycles. The maximum Gasteiger partial charge on any atom is 0.228 e. The van der Waals surface area contributed by atoms with Crippen molar-refractivity contribution in [2.75, 3.05) is 25.0 Å². The van der Waals surface area contributed by atoms with Crippen molar-refractivity contribution in [2.45, 2.75) is 25.5 Å². The summed E-state index contributed by atoms with van der Waals surface area (Å²) in [5.41, 5.74) is 1.27. The number of ether oxygens (including phenoxy) is 1. The molecule has 29 heavy (non-hydrogen) atoms. The Labute approximate surface area is 176 Å². The van der Waals surface area contributed by atoms with Gasteiger partial charge in [0.15, 0.2) is 0 Å². The van der Waals surface area contributed by atoms with E-state index in [1.165, 1.54) is 4.31 Å². The third-order valence-corrected chi connectivity index (χ3v) is 6.92. The molecule has 0 saturated carbocycles. The van der Waals surface area contributed by atoms with Gasteiger partial charge in [0.05, 0.1) is 24.0 Å². The molecule has 1 N–H and O–H groups in total. The number of carbonyl (C=O) groups is 1. The summed E-state index contributed by atoms with van der Waals surface area (Å²) in [6.45, 7) is 2.98. The van der Waals surface area contributed by atoms with E-state index < -0.39 is 15.9 Å². The van der Waals surface area contributed by atoms with Crippen molar-refractivity contribution in [1.29, 1.82) is 0 Å². The summed E-state index contributed by atoms with van der Waals surface area (Å²) in [7, 11) is -3.52. The summed E-state index contributed by atoms with van der Waals surface area (Å²) >= 11 is 5.87. The second kappa shape index (κ2) is 9.61. The maximum atomic E-state index is 12.8. The number of para-hydroxylation sites is 2. The fourth-order valence-corrected chi connectivity index (χ4v) is 5.11. The fourth-order valence-electron chi connectivity index (χ4n) is 3.38. The Hall–Kier alpha value is -2.09. The smallest absolute Gasteiger partial charge is 0.228 e. The summed E-state index contributed by atoms with van der Waals surface area (Å²) < 4.78 is 32.7. The number of carbonyl (C=O) groups excluding carboxylic acids is 1. The number of piperidine rings is 1. The lowest BCUT2D eigenvalue weighted by molar-refractivity contribution is -0.120. The van der Waals surface area contributed by atoms with Gasteiger partial charge in [0.25, 0.3) is 0 Å². The van der Waals surface area contributed by atoms with Gasteiger partial charge >= 0.3 is 0 Å². The minimum absolute atomic E-state index is 0.105. The Morgan fingerprint density at radius 1 is 1.21 bits per heavy atom. The van der Waals surface area contributed by atoms with E-state index in [0.717, 1.165) is 0 Å². The summed E-state index contributed by atoms with van der Waals surface area (Å²) in [6, 6.07) is 14.0. The molecule has 0 aliphatic carbocycles. The average molecular weight is 437 g/mol. The van der Waals surface area contributed by atoms with Gasteiger partial charge in [-0.2, -0.15) is 0 Å². The van der Waals surface area contributed by atoms with E-state index in [4.69, 9.17) is 16.3 Å². The summed E-state index contributed by atoms with van der Waals surface area (Å²) in [5.74, 6) is -0.0977. The Morgan fingerprint density at radius 2 is 1.93 bits per heavy atom. The second-order valence-electron chi connectivity index (χ2n) is 7.00. The van der Waals surface area contributed by atoms with Crippen LogP contribution in [0.3, 0.4) is 0 Å². The molecule has 1 saturated heterocycles. The van der Waals surface area contributed by atoms with Crippen LogP contribution in [0.25, 0.3) is 0 Å². The molecule has 2 aromatic rings. The van der Waals surface area contributed by atoms with Gasteiger partial charge in [0, 0.05) is 18.1 Å². The summed E-state index contributed by atoms with van der Waals surface area (Å²) in [6.07, 6.45) is 1.29. The van der Waals surface area contributed by atoms with Gasteiger partial charge in [-0.1, -0.05) is 35.9 Å². The first-order chi connectivity index (χ1) is 13.9. The Morgan fingerprint density at radius 3 is 2.66 bits per heavy atom. The molecule has 3 rings (SSSR count). The first-order valence-electron chi connectivity index (χ1n) is 9.64. The van der Waals surface area contributed by atoms with Crippen LogP contribution in [0.15, 0.2) is 48.5 Å². The molecule has 6 nitrogen and oxygen atoms in total. The topological polar surface area (TPSA) is 75.7 Å². The van der Waals surface area contributed by atoms with E-state index in [1.54, 1.807) is 36.4 Å². The van der Waals surface area contributed by atoms with Crippen LogP contribution < -0.4 is 10.1 Å². The van der Waals surface area contributed by atoms with E-state index in [-0.39, 0.29) is 18.2 Å². The number of hydrogen-bond acceptors (Lipinski definition) is 4. The monoisotopic (exact) mass is 436 g/mol. The minimum atomic E-state index is -3.52. The van der Waals surface area contributed by atoms with Crippen molar-refractivity contribution < 1.29 is 17.9 Å². The highest BCUT2D eigenvalue weighted by Gasteiger charge is 2.32. The lowest BCUT2D eigenvalue weighted by atomic mass is 9.98. The zero-order chi connectivity index (χ0) is 20.9. The Balaban J connectivity index is 1.66. The number of nitrogens with zero attached hydrogens (tertiary/aromatic N) is 1. The third kappa shape index (κ3) is 5.72. The van der Waals surface area contributed by atoms with E-state index in [1.807, 2.05) is 19.1 Å². The average Bonchev–Trinajstić information content (AvgIpc) is 2.71. The van der Waals surface area contributed by atoms with E-state index >= 15 is 0 Å². The molecule has 2 aromatic carbocycles. The molecule has 1 heterocycles. The molecule has 0 unspecified atom stereocenters. The number of halogens is 1. The Kier molecular flexibility index (Phi) is 7.16. The molecule has 1 fully saturated rings. The van der Waals surface area contributed by atoms with Crippen LogP contribution in [-0.2, 0) is 20.6 Å². The van der Waals surface area contributed by atoms with Gasteiger partial charge in [-0.15, -0.1) is 0 Å². The van der Waals surface area contributed by atoms with Crippen molar-refractivity contribution >= 4 is 33.2 Å². The number of hydrogen-bond donors (Lipinski definition) is 1. The summed E-state index contributed by atoms with van der Waals surface area (Å²) in [5, 5.41) is 3.46. The number of benzene rings is 2. The fraction of sp³-hybridized carbons (Fsp3) is 0.381. The quantitative estimate of drug-likeness (QED) is 0.713. The first-order valence-corrected chi connectivity index (χ1v) is 11.6. The molecule has 0 radical (unpaired) electrons. The molecule has 0 spiro atoms.